The van der Waals surface area contributed by atoms with Crippen molar-refractivity contribution in [3.8, 4) is 0 Å². The predicted molar refractivity (Wildman–Crippen MR) is 93.8 cm³/mol. The molecule has 1 aromatic carbocycles. The van der Waals surface area contributed by atoms with Gasteiger partial charge in [0.05, 0.1) is 6.54 Å². The second kappa shape index (κ2) is 9.51. The van der Waals surface area contributed by atoms with E-state index in [1.165, 1.54) is 6.07 Å². The van der Waals surface area contributed by atoms with E-state index >= 15 is 0 Å². The van der Waals surface area contributed by atoms with Crippen LogP contribution in [0.15, 0.2) is 41.4 Å². The van der Waals surface area contributed by atoms with Crippen LogP contribution in [0.5, 0.6) is 0 Å². The Labute approximate surface area is 136 Å². The van der Waals surface area contributed by atoms with Crippen molar-refractivity contribution in [1.82, 2.24) is 10.6 Å². The Morgan fingerprint density at radius 3 is 2.82 bits per heavy atom. The van der Waals surface area contributed by atoms with Gasteiger partial charge in [-0.3, -0.25) is 4.99 Å². The van der Waals surface area contributed by atoms with E-state index in [4.69, 9.17) is 0 Å². The van der Waals surface area contributed by atoms with Crippen LogP contribution in [0.2, 0.25) is 0 Å². The molecule has 120 valence electrons. The molecular formula is C17H24FN3S. The van der Waals surface area contributed by atoms with Crippen LogP contribution in [0.3, 0.4) is 0 Å². The molecule has 0 heterocycles. The SMILES string of the molecule is CCNC(=NCCSCc1ccccc1F)NC1CC=CC1. The molecule has 0 unspecified atom stereocenters. The molecule has 0 bridgehead atoms. The van der Waals surface area contributed by atoms with Gasteiger partial charge >= 0.3 is 0 Å². The lowest BCUT2D eigenvalue weighted by Gasteiger charge is -2.16. The van der Waals surface area contributed by atoms with Crippen LogP contribution in [-0.2, 0) is 5.75 Å². The van der Waals surface area contributed by atoms with Gasteiger partial charge in [-0.1, -0.05) is 30.4 Å². The molecule has 0 aromatic heterocycles. The van der Waals surface area contributed by atoms with Crippen LogP contribution in [0.25, 0.3) is 0 Å². The smallest absolute Gasteiger partial charge is 0.191 e. The third-order valence-electron chi connectivity index (χ3n) is 3.41. The molecule has 0 aliphatic heterocycles. The van der Waals surface area contributed by atoms with Gasteiger partial charge < -0.3 is 10.6 Å². The van der Waals surface area contributed by atoms with Crippen LogP contribution in [-0.4, -0.2) is 30.8 Å². The number of aliphatic imine (C=N–C) groups is 1. The molecule has 1 aliphatic carbocycles. The summed E-state index contributed by atoms with van der Waals surface area (Å²) in [6.45, 7) is 3.65. The third-order valence-corrected chi connectivity index (χ3v) is 4.40. The van der Waals surface area contributed by atoms with E-state index in [2.05, 4.69) is 34.7 Å². The Kier molecular flexibility index (Phi) is 7.30. The lowest BCUT2D eigenvalue weighted by Crippen LogP contribution is -2.42. The zero-order valence-corrected chi connectivity index (χ0v) is 13.8. The van der Waals surface area contributed by atoms with Crippen LogP contribution in [0.4, 0.5) is 4.39 Å². The molecule has 0 spiro atoms. The summed E-state index contributed by atoms with van der Waals surface area (Å²) in [6, 6.07) is 7.41. The first-order chi connectivity index (χ1) is 10.8. The molecule has 1 aromatic rings. The molecule has 22 heavy (non-hydrogen) atoms. The highest BCUT2D eigenvalue weighted by molar-refractivity contribution is 7.98. The summed E-state index contributed by atoms with van der Waals surface area (Å²) in [5, 5.41) is 6.71. The highest BCUT2D eigenvalue weighted by atomic mass is 32.2. The van der Waals surface area contributed by atoms with Gasteiger partial charge in [0.1, 0.15) is 5.82 Å². The van der Waals surface area contributed by atoms with Crippen molar-refractivity contribution in [1.29, 1.82) is 0 Å². The molecule has 0 radical (unpaired) electrons. The standard InChI is InChI=1S/C17H24FN3S/c1-2-19-17(21-15-8-4-5-9-15)20-11-12-22-13-14-7-3-6-10-16(14)18/h3-7,10,15H,2,8-9,11-13H2,1H3,(H2,19,20,21). The lowest BCUT2D eigenvalue weighted by molar-refractivity contribution is 0.617. The van der Waals surface area contributed by atoms with Crippen molar-refractivity contribution in [3.63, 3.8) is 0 Å². The summed E-state index contributed by atoms with van der Waals surface area (Å²) in [5.74, 6) is 2.33. The van der Waals surface area contributed by atoms with E-state index in [0.717, 1.165) is 43.2 Å². The summed E-state index contributed by atoms with van der Waals surface area (Å²) in [4.78, 5) is 4.58. The fraction of sp³-hybridized carbons (Fsp3) is 0.471. The number of guanidine groups is 1. The van der Waals surface area contributed by atoms with Gasteiger partial charge in [0.15, 0.2) is 5.96 Å². The molecule has 5 heteroatoms. The Bertz CT molecular complexity index is 508. The average Bonchev–Trinajstić information content (AvgIpc) is 3.02. The Morgan fingerprint density at radius 2 is 2.09 bits per heavy atom. The predicted octanol–water partition coefficient (Wildman–Crippen LogP) is 3.33. The quantitative estimate of drug-likeness (QED) is 0.350. The van der Waals surface area contributed by atoms with E-state index in [1.807, 2.05) is 12.1 Å². The fourth-order valence-corrected chi connectivity index (χ4v) is 3.09. The van der Waals surface area contributed by atoms with E-state index in [9.17, 15) is 4.39 Å². The van der Waals surface area contributed by atoms with Crippen molar-refractivity contribution < 1.29 is 4.39 Å². The molecule has 0 amide bonds. The molecular weight excluding hydrogens is 297 g/mol. The van der Waals surface area contributed by atoms with Crippen molar-refractivity contribution in [2.24, 2.45) is 4.99 Å². The number of nitrogens with one attached hydrogen (secondary N) is 2. The van der Waals surface area contributed by atoms with Crippen LogP contribution >= 0.6 is 11.8 Å². The molecule has 1 aliphatic rings. The maximum atomic E-state index is 13.5. The minimum atomic E-state index is -0.123. The van der Waals surface area contributed by atoms with Gasteiger partial charge in [-0.2, -0.15) is 11.8 Å². The number of hydrogen-bond donors (Lipinski definition) is 2. The largest absolute Gasteiger partial charge is 0.357 e. The number of rotatable bonds is 7. The van der Waals surface area contributed by atoms with Crippen molar-refractivity contribution in [3.05, 3.63) is 47.8 Å². The maximum Gasteiger partial charge on any atom is 0.191 e. The fourth-order valence-electron chi connectivity index (χ4n) is 2.27. The zero-order valence-electron chi connectivity index (χ0n) is 13.0. The highest BCUT2D eigenvalue weighted by Gasteiger charge is 2.11. The minimum absolute atomic E-state index is 0.123. The lowest BCUT2D eigenvalue weighted by atomic mass is 10.2. The monoisotopic (exact) mass is 321 g/mol. The normalized spacial score (nSPS) is 15.3. The maximum absolute atomic E-state index is 13.5. The minimum Gasteiger partial charge on any atom is -0.357 e. The van der Waals surface area contributed by atoms with Crippen LogP contribution in [0.1, 0.15) is 25.3 Å². The van der Waals surface area contributed by atoms with Gasteiger partial charge in [-0.05, 0) is 31.4 Å². The molecule has 2 rings (SSSR count). The van der Waals surface area contributed by atoms with Crippen LogP contribution in [0, 0.1) is 5.82 Å². The summed E-state index contributed by atoms with van der Waals surface area (Å²) < 4.78 is 13.5. The van der Waals surface area contributed by atoms with Gasteiger partial charge in [0, 0.05) is 24.1 Å². The molecule has 2 N–H and O–H groups in total. The van der Waals surface area contributed by atoms with E-state index in [0.29, 0.717) is 11.8 Å². The highest BCUT2D eigenvalue weighted by Crippen LogP contribution is 2.15. The number of nitrogens with zero attached hydrogens (tertiary/aromatic N) is 1. The molecule has 0 saturated heterocycles. The Morgan fingerprint density at radius 1 is 1.32 bits per heavy atom. The topological polar surface area (TPSA) is 36.4 Å². The van der Waals surface area contributed by atoms with E-state index < -0.39 is 0 Å². The van der Waals surface area contributed by atoms with Crippen LogP contribution < -0.4 is 10.6 Å². The third kappa shape index (κ3) is 5.72. The number of benzene rings is 1. The number of hydrogen-bond acceptors (Lipinski definition) is 2. The second-order valence-corrected chi connectivity index (χ2v) is 6.29. The van der Waals surface area contributed by atoms with Gasteiger partial charge in [0.2, 0.25) is 0 Å². The molecule has 0 fully saturated rings. The van der Waals surface area contributed by atoms with Gasteiger partial charge in [0.25, 0.3) is 0 Å². The van der Waals surface area contributed by atoms with Crippen molar-refractivity contribution >= 4 is 17.7 Å². The summed E-state index contributed by atoms with van der Waals surface area (Å²) in [6.07, 6.45) is 6.52. The van der Waals surface area contributed by atoms with E-state index in [-0.39, 0.29) is 5.82 Å². The first-order valence-corrected chi connectivity index (χ1v) is 8.96. The average molecular weight is 321 g/mol. The second-order valence-electron chi connectivity index (χ2n) is 5.19. The van der Waals surface area contributed by atoms with E-state index in [1.54, 1.807) is 17.8 Å². The van der Waals surface area contributed by atoms with Crippen molar-refractivity contribution in [2.75, 3.05) is 18.8 Å². The molecule has 0 saturated carbocycles. The Balaban J connectivity index is 1.70. The molecule has 3 nitrogen and oxygen atoms in total. The summed E-state index contributed by atoms with van der Waals surface area (Å²) in [5.41, 5.74) is 0.763. The van der Waals surface area contributed by atoms with Gasteiger partial charge in [-0.25, -0.2) is 4.39 Å². The Hall–Kier alpha value is -1.49. The van der Waals surface area contributed by atoms with Crippen molar-refractivity contribution in [2.45, 2.75) is 31.6 Å². The first-order valence-electron chi connectivity index (χ1n) is 7.80. The number of thioether (sulfide) groups is 1. The molecule has 0 atom stereocenters. The summed E-state index contributed by atoms with van der Waals surface area (Å²) in [7, 11) is 0. The van der Waals surface area contributed by atoms with Gasteiger partial charge in [-0.15, -0.1) is 0 Å². The number of halogens is 1. The summed E-state index contributed by atoms with van der Waals surface area (Å²) >= 11 is 1.71. The first kappa shape index (κ1) is 16.9. The zero-order chi connectivity index (χ0) is 15.6.